The Morgan fingerprint density at radius 3 is 2.43 bits per heavy atom. The molecule has 0 aliphatic carbocycles. The maximum Gasteiger partial charge on any atom is 1.00 e. The second-order valence-corrected chi connectivity index (χ2v) is 3.60. The van der Waals surface area contributed by atoms with E-state index in [4.69, 9.17) is 0 Å². The average Bonchev–Trinajstić information content (AvgIpc) is 2.04. The number of phosphoric ester groups is 1. The average molecular weight is 240 g/mol. The summed E-state index contributed by atoms with van der Waals surface area (Å²) in [5.41, 5.74) is 0. The summed E-state index contributed by atoms with van der Waals surface area (Å²) < 4.78 is 20.0. The molecule has 0 bridgehead atoms. The number of hydrogen-bond acceptors (Lipinski definition) is 4. The van der Waals surface area contributed by atoms with Gasteiger partial charge in [0.05, 0.1) is 6.61 Å². The van der Waals surface area contributed by atoms with Crippen molar-refractivity contribution >= 4 is 7.82 Å². The van der Waals surface area contributed by atoms with Gasteiger partial charge in [-0.2, -0.15) is 0 Å². The molecule has 0 fully saturated rings. The number of hydrogen-bond donors (Lipinski definition) is 0. The van der Waals surface area contributed by atoms with Gasteiger partial charge in [0.25, 0.3) is 0 Å². The van der Waals surface area contributed by atoms with Crippen molar-refractivity contribution in [2.24, 2.45) is 0 Å². The van der Waals surface area contributed by atoms with E-state index in [0.29, 0.717) is 0 Å². The fourth-order valence-corrected chi connectivity index (χ4v) is 1.54. The van der Waals surface area contributed by atoms with Crippen molar-refractivity contribution in [2.45, 2.75) is 6.92 Å². The number of rotatable bonds is 4. The Bertz CT molecular complexity index is 303. The van der Waals surface area contributed by atoms with E-state index in [1.807, 2.05) is 0 Å². The molecule has 1 atom stereocenters. The molecule has 0 aromatic heterocycles. The van der Waals surface area contributed by atoms with Crippen LogP contribution in [0.2, 0.25) is 0 Å². The molecule has 1 aromatic carbocycles. The van der Waals surface area contributed by atoms with Crippen LogP contribution in [-0.2, 0) is 9.09 Å². The van der Waals surface area contributed by atoms with Crippen molar-refractivity contribution in [3.05, 3.63) is 30.3 Å². The molecule has 0 radical (unpaired) electrons. The molecule has 4 nitrogen and oxygen atoms in total. The molecule has 0 amide bonds. The maximum absolute atomic E-state index is 11.0. The van der Waals surface area contributed by atoms with E-state index in [2.05, 4.69) is 9.05 Å². The molecular weight excluding hydrogens is 230 g/mol. The summed E-state index contributed by atoms with van der Waals surface area (Å²) in [5.74, 6) is 0.259. The van der Waals surface area contributed by atoms with Crippen LogP contribution in [0.15, 0.2) is 30.3 Å². The molecule has 6 heteroatoms. The molecule has 0 aliphatic heterocycles. The molecule has 72 valence electrons. The van der Waals surface area contributed by atoms with Gasteiger partial charge in [0.15, 0.2) is 0 Å². The third-order valence-electron chi connectivity index (χ3n) is 1.25. The van der Waals surface area contributed by atoms with Gasteiger partial charge in [-0.25, -0.2) is 0 Å². The Balaban J connectivity index is 0.00000169. The predicted molar refractivity (Wildman–Crippen MR) is 46.3 cm³/mol. The summed E-state index contributed by atoms with van der Waals surface area (Å²) in [4.78, 5) is 11.0. The summed E-state index contributed by atoms with van der Waals surface area (Å²) in [6, 6.07) is 8.22. The third-order valence-corrected chi connectivity index (χ3v) is 2.26. The molecule has 1 unspecified atom stereocenters. The van der Waals surface area contributed by atoms with E-state index >= 15 is 0 Å². The summed E-state index contributed by atoms with van der Waals surface area (Å²) in [6.07, 6.45) is 0. The number of para-hydroxylation sites is 1. The van der Waals surface area contributed by atoms with Gasteiger partial charge in [-0.3, -0.25) is 4.57 Å². The Hall–Kier alpha value is 0.806. The molecular formula is C8H10KO4P. The first-order valence-electron chi connectivity index (χ1n) is 3.84. The monoisotopic (exact) mass is 240 g/mol. The Morgan fingerprint density at radius 1 is 1.36 bits per heavy atom. The quantitative estimate of drug-likeness (QED) is 0.478. The Morgan fingerprint density at radius 2 is 1.93 bits per heavy atom. The molecule has 0 saturated heterocycles. The van der Waals surface area contributed by atoms with Crippen LogP contribution >= 0.6 is 7.82 Å². The van der Waals surface area contributed by atoms with E-state index < -0.39 is 7.82 Å². The zero-order valence-electron chi connectivity index (χ0n) is 8.17. The van der Waals surface area contributed by atoms with E-state index in [-0.39, 0.29) is 63.7 Å². The fourth-order valence-electron chi connectivity index (χ4n) is 0.795. The van der Waals surface area contributed by atoms with Crippen LogP contribution in [0.1, 0.15) is 6.92 Å². The van der Waals surface area contributed by atoms with E-state index in [1.54, 1.807) is 37.3 Å². The van der Waals surface area contributed by atoms with Crippen molar-refractivity contribution in [3.8, 4) is 5.75 Å². The third kappa shape index (κ3) is 5.63. The first-order chi connectivity index (χ1) is 6.14. The van der Waals surface area contributed by atoms with E-state index in [9.17, 15) is 9.46 Å². The van der Waals surface area contributed by atoms with Crippen LogP contribution < -0.4 is 60.8 Å². The van der Waals surface area contributed by atoms with Gasteiger partial charge in [-0.1, -0.05) is 18.2 Å². The van der Waals surface area contributed by atoms with Crippen molar-refractivity contribution in [2.75, 3.05) is 6.61 Å². The van der Waals surface area contributed by atoms with Crippen molar-refractivity contribution < 1.29 is 69.9 Å². The smallest absolute Gasteiger partial charge is 0.746 e. The van der Waals surface area contributed by atoms with Gasteiger partial charge in [-0.15, -0.1) is 0 Å². The standard InChI is InChI=1S/C8H11O4P.K/c1-2-11-13(9,10)12-8-6-4-3-5-7-8;/h3-7H,2H2,1H3,(H,9,10);/q;+1/p-1. The molecule has 0 heterocycles. The van der Waals surface area contributed by atoms with Crippen LogP contribution in [0.5, 0.6) is 5.75 Å². The van der Waals surface area contributed by atoms with Crippen LogP contribution in [0.4, 0.5) is 0 Å². The first kappa shape index (κ1) is 14.8. The normalized spacial score (nSPS) is 13.9. The Labute approximate surface area is 126 Å². The van der Waals surface area contributed by atoms with Crippen LogP contribution in [0.25, 0.3) is 0 Å². The molecule has 0 saturated carbocycles. The largest absolute Gasteiger partial charge is 1.00 e. The number of benzene rings is 1. The van der Waals surface area contributed by atoms with Gasteiger partial charge in [0, 0.05) is 0 Å². The molecule has 0 N–H and O–H groups in total. The van der Waals surface area contributed by atoms with Crippen molar-refractivity contribution in [1.29, 1.82) is 0 Å². The van der Waals surface area contributed by atoms with Crippen molar-refractivity contribution in [1.82, 2.24) is 0 Å². The summed E-state index contributed by atoms with van der Waals surface area (Å²) in [7, 11) is -4.16. The summed E-state index contributed by atoms with van der Waals surface area (Å²) in [5, 5.41) is 0. The van der Waals surface area contributed by atoms with Gasteiger partial charge < -0.3 is 13.9 Å². The molecule has 0 aliphatic rings. The van der Waals surface area contributed by atoms with Gasteiger partial charge >= 0.3 is 59.2 Å². The summed E-state index contributed by atoms with van der Waals surface area (Å²) in [6.45, 7) is 1.66. The zero-order chi connectivity index (χ0) is 9.73. The minimum Gasteiger partial charge on any atom is -0.746 e. The second kappa shape index (κ2) is 7.14. The van der Waals surface area contributed by atoms with Crippen LogP contribution in [0.3, 0.4) is 0 Å². The minimum atomic E-state index is -4.16. The van der Waals surface area contributed by atoms with Crippen molar-refractivity contribution in [3.63, 3.8) is 0 Å². The number of phosphoric acid groups is 1. The molecule has 1 rings (SSSR count). The zero-order valence-corrected chi connectivity index (χ0v) is 12.2. The van der Waals surface area contributed by atoms with Gasteiger partial charge in [-0.05, 0) is 19.1 Å². The van der Waals surface area contributed by atoms with E-state index in [1.165, 1.54) is 0 Å². The fraction of sp³-hybridized carbons (Fsp3) is 0.250. The topological polar surface area (TPSA) is 58.6 Å². The first-order valence-corrected chi connectivity index (χ1v) is 5.30. The predicted octanol–water partition coefficient (Wildman–Crippen LogP) is -1.43. The second-order valence-electron chi connectivity index (χ2n) is 2.27. The van der Waals surface area contributed by atoms with Gasteiger partial charge in [0.1, 0.15) is 5.75 Å². The van der Waals surface area contributed by atoms with Crippen LogP contribution in [-0.4, -0.2) is 6.61 Å². The molecule has 14 heavy (non-hydrogen) atoms. The molecule has 1 aromatic rings. The van der Waals surface area contributed by atoms with Crippen LogP contribution in [0, 0.1) is 0 Å². The van der Waals surface area contributed by atoms with E-state index in [0.717, 1.165) is 0 Å². The Kier molecular flexibility index (Phi) is 7.55. The minimum absolute atomic E-state index is 0. The van der Waals surface area contributed by atoms with Gasteiger partial charge in [0.2, 0.25) is 0 Å². The molecule has 0 spiro atoms. The summed E-state index contributed by atoms with van der Waals surface area (Å²) >= 11 is 0. The SMILES string of the molecule is CCOP(=O)([O-])Oc1ccccc1.[K+]. The maximum atomic E-state index is 11.0.